The molecule has 4 atom stereocenters. The van der Waals surface area contributed by atoms with Gasteiger partial charge in [-0.25, -0.2) is 0 Å². The van der Waals surface area contributed by atoms with Crippen LogP contribution in [0, 0.1) is 0 Å². The van der Waals surface area contributed by atoms with E-state index in [0.717, 1.165) is 18.4 Å². The van der Waals surface area contributed by atoms with Gasteiger partial charge in [0.1, 0.15) is 0 Å². The molecule has 4 unspecified atom stereocenters. The van der Waals surface area contributed by atoms with Crippen molar-refractivity contribution in [3.05, 3.63) is 60.2 Å². The number of aromatic nitrogens is 3. The topological polar surface area (TPSA) is 161 Å². The molecule has 2 saturated heterocycles. The summed E-state index contributed by atoms with van der Waals surface area (Å²) in [5.41, 5.74) is 28.5. The normalized spacial score (nSPS) is 24.6. The lowest BCUT2D eigenvalue weighted by atomic mass is 10.00. The van der Waals surface area contributed by atoms with E-state index in [4.69, 9.17) is 37.9 Å². The smallest absolute Gasteiger partial charge is 0.232 e. The summed E-state index contributed by atoms with van der Waals surface area (Å²) in [4.78, 5) is 18.4. The van der Waals surface area contributed by atoms with Crippen molar-refractivity contribution >= 4 is 17.8 Å². The monoisotopic (exact) mass is 488 g/mol. The van der Waals surface area contributed by atoms with Gasteiger partial charge < -0.3 is 38.1 Å². The summed E-state index contributed by atoms with van der Waals surface area (Å²) >= 11 is 0. The molecular weight excluding hydrogens is 452 g/mol. The fourth-order valence-corrected chi connectivity index (χ4v) is 5.15. The van der Waals surface area contributed by atoms with Crippen molar-refractivity contribution in [3.8, 4) is 11.1 Å². The first-order valence-corrected chi connectivity index (χ1v) is 12.6. The van der Waals surface area contributed by atoms with E-state index in [1.165, 1.54) is 11.1 Å². The molecule has 0 bridgehead atoms. The van der Waals surface area contributed by atoms with Crippen LogP contribution in [0.5, 0.6) is 0 Å². The van der Waals surface area contributed by atoms with Crippen LogP contribution in [0.2, 0.25) is 0 Å². The van der Waals surface area contributed by atoms with Crippen molar-refractivity contribution in [2.75, 3.05) is 41.3 Å². The van der Waals surface area contributed by atoms with Crippen LogP contribution in [0.3, 0.4) is 0 Å². The third-order valence-electron chi connectivity index (χ3n) is 6.75. The lowest BCUT2D eigenvalue weighted by Crippen LogP contribution is -2.54. The minimum Gasteiger partial charge on any atom is -0.350 e. The van der Waals surface area contributed by atoms with Gasteiger partial charge in [0.05, 0.1) is 0 Å². The first kappa shape index (κ1) is 24.4. The van der Waals surface area contributed by atoms with Crippen molar-refractivity contribution in [3.63, 3.8) is 0 Å². The van der Waals surface area contributed by atoms with E-state index < -0.39 is 0 Å². The zero-order chi connectivity index (χ0) is 25.1. The molecule has 0 amide bonds. The van der Waals surface area contributed by atoms with E-state index in [1.807, 2.05) is 24.3 Å². The maximum atomic E-state index is 6.26. The molecule has 0 saturated carbocycles. The summed E-state index contributed by atoms with van der Waals surface area (Å²) in [6.07, 6.45) is 1.57. The van der Waals surface area contributed by atoms with E-state index >= 15 is 0 Å². The molecule has 9 N–H and O–H groups in total. The van der Waals surface area contributed by atoms with E-state index in [0.29, 0.717) is 50.6 Å². The number of hydrogen-bond donors (Lipinski definition) is 5. The fraction of sp³-hybridized carbons (Fsp3) is 0.423. The molecule has 2 aliphatic rings. The zero-order valence-electron chi connectivity index (χ0n) is 20.5. The second-order valence-corrected chi connectivity index (χ2v) is 9.96. The maximum Gasteiger partial charge on any atom is 0.232 e. The standard InChI is InChI=1S/C26H36N10/c27-19-10-20(28)14-35(13-19)25-32-24(33-26(34-25)36-15-21(29)11-22(30)16-36)31-12-18-8-4-5-9-23(18)17-6-2-1-3-7-17/h1-9,19-22H,10-16,27-30H2,(H,31,32,33,34). The Morgan fingerprint density at radius 3 is 1.72 bits per heavy atom. The zero-order valence-corrected chi connectivity index (χ0v) is 20.5. The molecule has 10 heteroatoms. The summed E-state index contributed by atoms with van der Waals surface area (Å²) < 4.78 is 0. The van der Waals surface area contributed by atoms with Gasteiger partial charge in [0.2, 0.25) is 17.8 Å². The van der Waals surface area contributed by atoms with E-state index in [2.05, 4.69) is 45.4 Å². The van der Waals surface area contributed by atoms with Gasteiger partial charge in [0.15, 0.2) is 0 Å². The highest BCUT2D eigenvalue weighted by Gasteiger charge is 2.28. The molecule has 190 valence electrons. The lowest BCUT2D eigenvalue weighted by molar-refractivity contribution is 0.441. The summed E-state index contributed by atoms with van der Waals surface area (Å²) in [5.74, 6) is 1.63. The first-order chi connectivity index (χ1) is 17.4. The summed E-state index contributed by atoms with van der Waals surface area (Å²) in [6, 6.07) is 18.6. The second kappa shape index (κ2) is 10.8. The van der Waals surface area contributed by atoms with Crippen LogP contribution in [-0.4, -0.2) is 65.3 Å². The van der Waals surface area contributed by atoms with Crippen molar-refractivity contribution in [2.45, 2.75) is 43.6 Å². The number of benzene rings is 2. The van der Waals surface area contributed by atoms with Gasteiger partial charge in [-0.1, -0.05) is 54.6 Å². The summed E-state index contributed by atoms with van der Waals surface area (Å²) in [6.45, 7) is 3.14. The van der Waals surface area contributed by atoms with Gasteiger partial charge in [0.25, 0.3) is 0 Å². The third kappa shape index (κ3) is 5.73. The molecule has 2 aromatic carbocycles. The Morgan fingerprint density at radius 1 is 0.667 bits per heavy atom. The number of rotatable bonds is 6. The summed E-state index contributed by atoms with van der Waals surface area (Å²) in [7, 11) is 0. The molecule has 2 aliphatic heterocycles. The van der Waals surface area contributed by atoms with Gasteiger partial charge in [-0.3, -0.25) is 0 Å². The van der Waals surface area contributed by atoms with E-state index in [-0.39, 0.29) is 24.2 Å². The Hall–Kier alpha value is -3.31. The largest absolute Gasteiger partial charge is 0.350 e. The van der Waals surface area contributed by atoms with Crippen LogP contribution in [0.15, 0.2) is 54.6 Å². The Balaban J connectivity index is 1.44. The Labute approximate surface area is 212 Å². The predicted molar refractivity (Wildman–Crippen MR) is 145 cm³/mol. The molecule has 0 spiro atoms. The van der Waals surface area contributed by atoms with Crippen molar-refractivity contribution in [1.82, 2.24) is 15.0 Å². The fourth-order valence-electron chi connectivity index (χ4n) is 5.15. The number of nitrogens with zero attached hydrogens (tertiary/aromatic N) is 5. The first-order valence-electron chi connectivity index (χ1n) is 12.6. The van der Waals surface area contributed by atoms with Crippen molar-refractivity contribution < 1.29 is 0 Å². The summed E-state index contributed by atoms with van der Waals surface area (Å²) in [5, 5.41) is 3.43. The third-order valence-corrected chi connectivity index (χ3v) is 6.75. The quantitative estimate of drug-likeness (QED) is 0.337. The number of nitrogens with two attached hydrogens (primary N) is 4. The molecule has 1 aromatic heterocycles. The van der Waals surface area contributed by atoms with Crippen molar-refractivity contribution in [1.29, 1.82) is 0 Å². The average molecular weight is 489 g/mol. The van der Waals surface area contributed by atoms with E-state index in [9.17, 15) is 0 Å². The molecule has 10 nitrogen and oxygen atoms in total. The van der Waals surface area contributed by atoms with Gasteiger partial charge in [0, 0.05) is 56.9 Å². The SMILES string of the molecule is NC1CC(N)CN(c2nc(NCc3ccccc3-c3ccccc3)nc(N3CC(N)CC(N)C3)n2)C1. The molecule has 2 fully saturated rings. The Morgan fingerprint density at radius 2 is 1.17 bits per heavy atom. The lowest BCUT2D eigenvalue weighted by Gasteiger charge is -2.37. The highest BCUT2D eigenvalue weighted by Crippen LogP contribution is 2.25. The van der Waals surface area contributed by atoms with Crippen molar-refractivity contribution in [2.24, 2.45) is 22.9 Å². The molecular formula is C26H36N10. The van der Waals surface area contributed by atoms with Gasteiger partial charge in [-0.2, -0.15) is 15.0 Å². The van der Waals surface area contributed by atoms with Gasteiger partial charge >= 0.3 is 0 Å². The second-order valence-electron chi connectivity index (χ2n) is 9.96. The maximum absolute atomic E-state index is 6.26. The number of anilines is 3. The molecule has 3 aromatic rings. The van der Waals surface area contributed by atoms with Crippen LogP contribution >= 0.6 is 0 Å². The highest BCUT2D eigenvalue weighted by atomic mass is 15.4. The average Bonchev–Trinajstić information content (AvgIpc) is 2.87. The van der Waals surface area contributed by atoms with Gasteiger partial charge in [-0.15, -0.1) is 0 Å². The number of piperidine rings is 2. The molecule has 36 heavy (non-hydrogen) atoms. The minimum absolute atomic E-state index is 0.0278. The predicted octanol–water partition coefficient (Wildman–Crippen LogP) is 0.880. The Bertz CT molecular complexity index is 1090. The van der Waals surface area contributed by atoms with Gasteiger partial charge in [-0.05, 0) is 29.5 Å². The molecule has 0 aliphatic carbocycles. The molecule has 3 heterocycles. The van der Waals surface area contributed by atoms with Crippen LogP contribution in [0.4, 0.5) is 17.8 Å². The van der Waals surface area contributed by atoms with E-state index in [1.54, 1.807) is 0 Å². The number of hydrogen-bond acceptors (Lipinski definition) is 10. The molecule has 0 radical (unpaired) electrons. The van der Waals surface area contributed by atoms with Crippen LogP contribution < -0.4 is 38.1 Å². The van der Waals surface area contributed by atoms with Crippen LogP contribution in [-0.2, 0) is 6.54 Å². The van der Waals surface area contributed by atoms with Crippen LogP contribution in [0.25, 0.3) is 11.1 Å². The van der Waals surface area contributed by atoms with Crippen LogP contribution in [0.1, 0.15) is 18.4 Å². The highest BCUT2D eigenvalue weighted by molar-refractivity contribution is 5.67. The number of nitrogens with one attached hydrogen (secondary N) is 1. The Kier molecular flexibility index (Phi) is 7.28. The minimum atomic E-state index is -0.0278. The molecule has 5 rings (SSSR count).